The van der Waals surface area contributed by atoms with E-state index in [0.717, 1.165) is 15.9 Å². The van der Waals surface area contributed by atoms with Crippen molar-refractivity contribution in [3.63, 3.8) is 0 Å². The van der Waals surface area contributed by atoms with Crippen LogP contribution in [0.3, 0.4) is 0 Å². The topological polar surface area (TPSA) is 71.1 Å². The minimum Gasteiger partial charge on any atom is -0.326 e. The van der Waals surface area contributed by atoms with Crippen molar-refractivity contribution in [2.75, 3.05) is 10.6 Å². The molecule has 0 aliphatic rings. The third kappa shape index (κ3) is 3.29. The van der Waals surface area contributed by atoms with E-state index < -0.39 is 0 Å². The van der Waals surface area contributed by atoms with Gasteiger partial charge in [0.15, 0.2) is 5.13 Å². The summed E-state index contributed by atoms with van der Waals surface area (Å²) in [5.41, 5.74) is 1.54. The number of rotatable bonds is 3. The summed E-state index contributed by atoms with van der Waals surface area (Å²) in [6.07, 6.45) is 0. The summed E-state index contributed by atoms with van der Waals surface area (Å²) in [4.78, 5) is 26.9. The fraction of sp³-hybridized carbons (Fsp3) is 0.308. The lowest BCUT2D eigenvalue weighted by molar-refractivity contribution is -0.119. The van der Waals surface area contributed by atoms with E-state index in [1.807, 2.05) is 26.0 Å². The SMILES string of the molecule is CC(=O)Nc1nc2ccc(NC(=O)C(C)C)cc2s1. The van der Waals surface area contributed by atoms with Gasteiger partial charge in [-0.2, -0.15) is 0 Å². The van der Waals surface area contributed by atoms with Crippen molar-refractivity contribution in [3.05, 3.63) is 18.2 Å². The van der Waals surface area contributed by atoms with Crippen LogP contribution in [0, 0.1) is 5.92 Å². The number of benzene rings is 1. The van der Waals surface area contributed by atoms with Gasteiger partial charge in [-0.25, -0.2) is 4.98 Å². The Labute approximate surface area is 115 Å². The summed E-state index contributed by atoms with van der Waals surface area (Å²) in [6.45, 7) is 5.13. The Balaban J connectivity index is 2.25. The number of hydrogen-bond donors (Lipinski definition) is 2. The summed E-state index contributed by atoms with van der Waals surface area (Å²) in [6, 6.07) is 5.49. The van der Waals surface area contributed by atoms with Crippen molar-refractivity contribution in [2.24, 2.45) is 5.92 Å². The van der Waals surface area contributed by atoms with Crippen LogP contribution in [0.2, 0.25) is 0 Å². The van der Waals surface area contributed by atoms with Crippen molar-refractivity contribution < 1.29 is 9.59 Å². The highest BCUT2D eigenvalue weighted by Crippen LogP contribution is 2.28. The fourth-order valence-corrected chi connectivity index (χ4v) is 2.44. The predicted molar refractivity (Wildman–Crippen MR) is 77.4 cm³/mol. The third-order valence-corrected chi connectivity index (χ3v) is 3.40. The number of aromatic nitrogens is 1. The second kappa shape index (κ2) is 5.36. The van der Waals surface area contributed by atoms with Crippen LogP contribution in [0.25, 0.3) is 10.2 Å². The zero-order valence-corrected chi connectivity index (χ0v) is 11.8. The maximum atomic E-state index is 11.6. The van der Waals surface area contributed by atoms with Crippen LogP contribution in [0.15, 0.2) is 18.2 Å². The molecule has 0 aliphatic heterocycles. The van der Waals surface area contributed by atoms with Crippen LogP contribution in [-0.4, -0.2) is 16.8 Å². The van der Waals surface area contributed by atoms with Gasteiger partial charge in [-0.3, -0.25) is 9.59 Å². The highest BCUT2D eigenvalue weighted by molar-refractivity contribution is 7.22. The first-order chi connectivity index (χ1) is 8.95. The Hall–Kier alpha value is -1.95. The molecule has 0 bridgehead atoms. The van der Waals surface area contributed by atoms with Crippen molar-refractivity contribution in [2.45, 2.75) is 20.8 Å². The monoisotopic (exact) mass is 277 g/mol. The van der Waals surface area contributed by atoms with E-state index in [1.165, 1.54) is 18.3 Å². The van der Waals surface area contributed by atoms with Gasteiger partial charge in [-0.1, -0.05) is 25.2 Å². The Morgan fingerprint density at radius 1 is 1.26 bits per heavy atom. The molecule has 0 atom stereocenters. The van der Waals surface area contributed by atoms with Crippen LogP contribution in [-0.2, 0) is 9.59 Å². The number of amides is 2. The van der Waals surface area contributed by atoms with Gasteiger partial charge in [0, 0.05) is 18.5 Å². The Bertz CT molecular complexity index is 634. The second-order valence-electron chi connectivity index (χ2n) is 4.53. The fourth-order valence-electron chi connectivity index (χ4n) is 1.49. The van der Waals surface area contributed by atoms with Gasteiger partial charge in [-0.15, -0.1) is 0 Å². The number of fused-ring (bicyclic) bond motifs is 1. The van der Waals surface area contributed by atoms with Gasteiger partial charge in [0.25, 0.3) is 0 Å². The van der Waals surface area contributed by atoms with Gasteiger partial charge in [0.05, 0.1) is 10.2 Å². The zero-order valence-electron chi connectivity index (χ0n) is 11.0. The average Bonchev–Trinajstić information content (AvgIpc) is 2.69. The van der Waals surface area contributed by atoms with Crippen LogP contribution >= 0.6 is 11.3 Å². The number of thiazole rings is 1. The lowest BCUT2D eigenvalue weighted by Crippen LogP contribution is -2.17. The van der Waals surface area contributed by atoms with Crippen molar-refractivity contribution in [1.29, 1.82) is 0 Å². The standard InChI is InChI=1S/C13H15N3O2S/c1-7(2)12(18)15-9-4-5-10-11(6-9)19-13(16-10)14-8(3)17/h4-7H,1-3H3,(H,15,18)(H,14,16,17). The third-order valence-electron chi connectivity index (χ3n) is 2.46. The first kappa shape index (κ1) is 13.5. The lowest BCUT2D eigenvalue weighted by atomic mass is 10.2. The van der Waals surface area contributed by atoms with Gasteiger partial charge < -0.3 is 10.6 Å². The van der Waals surface area contributed by atoms with Crippen LogP contribution in [0.4, 0.5) is 10.8 Å². The molecule has 2 amide bonds. The number of nitrogens with zero attached hydrogens (tertiary/aromatic N) is 1. The normalized spacial score (nSPS) is 10.7. The van der Waals surface area contributed by atoms with E-state index >= 15 is 0 Å². The molecule has 0 saturated heterocycles. The Morgan fingerprint density at radius 3 is 2.63 bits per heavy atom. The number of hydrogen-bond acceptors (Lipinski definition) is 4. The summed E-state index contributed by atoms with van der Waals surface area (Å²) in [5.74, 6) is -0.231. The molecule has 6 heteroatoms. The molecule has 1 heterocycles. The minimum absolute atomic E-state index is 0.0223. The number of nitrogens with one attached hydrogen (secondary N) is 2. The molecule has 0 fully saturated rings. The smallest absolute Gasteiger partial charge is 0.226 e. The first-order valence-corrected chi connectivity index (χ1v) is 6.76. The summed E-state index contributed by atoms with van der Waals surface area (Å²) in [5, 5.41) is 6.05. The van der Waals surface area contributed by atoms with Crippen molar-refractivity contribution >= 4 is 44.2 Å². The predicted octanol–water partition coefficient (Wildman–Crippen LogP) is 2.85. The van der Waals surface area contributed by atoms with Gasteiger partial charge in [0.2, 0.25) is 11.8 Å². The zero-order chi connectivity index (χ0) is 14.0. The first-order valence-electron chi connectivity index (χ1n) is 5.95. The highest BCUT2D eigenvalue weighted by Gasteiger charge is 2.09. The molecule has 0 radical (unpaired) electrons. The minimum atomic E-state index is -0.146. The molecule has 2 N–H and O–H groups in total. The van der Waals surface area contributed by atoms with E-state index in [2.05, 4.69) is 15.6 Å². The molecule has 19 heavy (non-hydrogen) atoms. The second-order valence-corrected chi connectivity index (χ2v) is 5.56. The summed E-state index contributed by atoms with van der Waals surface area (Å²) >= 11 is 1.38. The van der Waals surface area contributed by atoms with E-state index in [4.69, 9.17) is 0 Å². The molecule has 100 valence electrons. The molecular formula is C13H15N3O2S. The molecule has 5 nitrogen and oxygen atoms in total. The molecule has 0 spiro atoms. The van der Waals surface area contributed by atoms with Crippen molar-refractivity contribution in [3.8, 4) is 0 Å². The molecule has 0 saturated carbocycles. The Morgan fingerprint density at radius 2 is 2.00 bits per heavy atom. The number of anilines is 2. The van der Waals surface area contributed by atoms with E-state index in [-0.39, 0.29) is 17.7 Å². The average molecular weight is 277 g/mol. The van der Waals surface area contributed by atoms with E-state index in [1.54, 1.807) is 6.07 Å². The molecule has 1 aromatic heterocycles. The molecule has 0 unspecified atom stereocenters. The van der Waals surface area contributed by atoms with Gasteiger partial charge in [-0.05, 0) is 18.2 Å². The van der Waals surface area contributed by atoms with Crippen LogP contribution in [0.1, 0.15) is 20.8 Å². The Kier molecular flexibility index (Phi) is 3.80. The summed E-state index contributed by atoms with van der Waals surface area (Å²) in [7, 11) is 0. The maximum Gasteiger partial charge on any atom is 0.226 e. The van der Waals surface area contributed by atoms with E-state index in [0.29, 0.717) is 5.13 Å². The van der Waals surface area contributed by atoms with Gasteiger partial charge >= 0.3 is 0 Å². The molecule has 2 rings (SSSR count). The van der Waals surface area contributed by atoms with Gasteiger partial charge in [0.1, 0.15) is 0 Å². The quantitative estimate of drug-likeness (QED) is 0.906. The molecule has 1 aromatic carbocycles. The maximum absolute atomic E-state index is 11.6. The molecule has 0 aliphatic carbocycles. The van der Waals surface area contributed by atoms with Crippen molar-refractivity contribution in [1.82, 2.24) is 4.98 Å². The van der Waals surface area contributed by atoms with Crippen LogP contribution in [0.5, 0.6) is 0 Å². The largest absolute Gasteiger partial charge is 0.326 e. The van der Waals surface area contributed by atoms with Crippen LogP contribution < -0.4 is 10.6 Å². The summed E-state index contributed by atoms with van der Waals surface area (Å²) < 4.78 is 0.922. The molecule has 2 aromatic rings. The highest BCUT2D eigenvalue weighted by atomic mass is 32.1. The number of carbonyl (C=O) groups excluding carboxylic acids is 2. The molecular weight excluding hydrogens is 262 g/mol. The number of carbonyl (C=O) groups is 2. The lowest BCUT2D eigenvalue weighted by Gasteiger charge is -2.06. The van der Waals surface area contributed by atoms with E-state index in [9.17, 15) is 9.59 Å².